The summed E-state index contributed by atoms with van der Waals surface area (Å²) in [5.41, 5.74) is 12.2. The molecule has 0 aliphatic heterocycles. The molecular weight excluding hydrogens is 652 g/mol. The highest BCUT2D eigenvalue weighted by Crippen LogP contribution is 2.05. The third-order valence-electron chi connectivity index (χ3n) is 6.16. The molecule has 20 nitrogen and oxygen atoms in total. The number of H-pyrrole nitrogens is 2. The van der Waals surface area contributed by atoms with Gasteiger partial charge in [-0.25, -0.2) is 9.97 Å². The number of hydrogen-bond donors (Lipinski definition) is 10. The number of aliphatic hydroxyl groups is 4. The number of esters is 4. The van der Waals surface area contributed by atoms with Crippen molar-refractivity contribution in [3.05, 3.63) is 36.4 Å². The maximum atomic E-state index is 12.3. The summed E-state index contributed by atoms with van der Waals surface area (Å²) in [7, 11) is 3.36. The zero-order valence-electron chi connectivity index (χ0n) is 28.4. The fraction of sp³-hybridized carbons (Fsp3) is 0.655. The Morgan fingerprint density at radius 2 is 1.24 bits per heavy atom. The zero-order chi connectivity index (χ0) is 37.4. The van der Waals surface area contributed by atoms with Crippen LogP contribution in [0.25, 0.3) is 0 Å². The van der Waals surface area contributed by atoms with E-state index < -0.39 is 66.4 Å². The van der Waals surface area contributed by atoms with Gasteiger partial charge < -0.3 is 71.4 Å². The van der Waals surface area contributed by atoms with E-state index in [1.807, 2.05) is 0 Å². The summed E-state index contributed by atoms with van der Waals surface area (Å²) in [4.78, 5) is 60.2. The first kappa shape index (κ1) is 45.0. The van der Waals surface area contributed by atoms with Crippen LogP contribution in [0, 0.1) is 0 Å². The number of carbonyl (C=O) groups is 4. The van der Waals surface area contributed by atoms with Crippen LogP contribution in [-0.4, -0.2) is 154 Å². The number of likely N-dealkylation sites (N-methyl/N-ethyl adjacent to an activating group) is 2. The average Bonchev–Trinajstić information content (AvgIpc) is 3.81. The normalized spacial score (nSPS) is 14.4. The fourth-order valence-electron chi connectivity index (χ4n) is 3.22. The number of aliphatic hydroxyl groups excluding tert-OH is 4. The highest BCUT2D eigenvalue weighted by Gasteiger charge is 2.24. The van der Waals surface area contributed by atoms with Crippen LogP contribution >= 0.6 is 0 Å². The van der Waals surface area contributed by atoms with Crippen molar-refractivity contribution in [2.24, 2.45) is 11.5 Å². The van der Waals surface area contributed by atoms with Gasteiger partial charge in [0.25, 0.3) is 0 Å². The van der Waals surface area contributed by atoms with Gasteiger partial charge in [0.15, 0.2) is 0 Å². The molecule has 0 radical (unpaired) electrons. The Hall–Kier alpha value is -4.02. The number of carbonyl (C=O) groups excluding carboxylic acids is 4. The third-order valence-corrected chi connectivity index (χ3v) is 6.16. The Kier molecular flexibility index (Phi) is 23.8. The summed E-state index contributed by atoms with van der Waals surface area (Å²) in [6.07, 6.45) is 4.75. The summed E-state index contributed by atoms with van der Waals surface area (Å²) < 4.78 is 20.0. The first-order valence-electron chi connectivity index (χ1n) is 15.3. The predicted octanol–water partition coefficient (Wildman–Crippen LogP) is -3.97. The topological polar surface area (TPSA) is 320 Å². The minimum atomic E-state index is -1.09. The number of aromatic nitrogens is 4. The van der Waals surface area contributed by atoms with Gasteiger partial charge in [-0.3, -0.25) is 19.2 Å². The van der Waals surface area contributed by atoms with E-state index in [0.29, 0.717) is 12.8 Å². The lowest BCUT2D eigenvalue weighted by Gasteiger charge is -2.20. The minimum Gasteiger partial charge on any atom is -0.461 e. The number of nitrogens with one attached hydrogen (secondary N) is 4. The zero-order valence-corrected chi connectivity index (χ0v) is 28.4. The van der Waals surface area contributed by atoms with Crippen LogP contribution in [0.5, 0.6) is 0 Å². The van der Waals surface area contributed by atoms with Crippen LogP contribution < -0.4 is 22.1 Å². The summed E-state index contributed by atoms with van der Waals surface area (Å²) in [6.45, 7) is 3.59. The van der Waals surface area contributed by atoms with Crippen molar-refractivity contribution in [2.75, 3.05) is 47.1 Å². The molecule has 0 saturated heterocycles. The molecule has 2 rings (SSSR count). The third kappa shape index (κ3) is 20.2. The van der Waals surface area contributed by atoms with Crippen LogP contribution in [0.2, 0.25) is 0 Å². The standard InChI is InChI=1S/C17H26N6O4.C9H18N2O5.C3H8O3/c1-11(27-17(25)15(19-3)5-13-7-21-10-23-13)8-26-16(24)14(18-2)4-12-6-20-9-22-12;1-5(10)8(13)15-3-4-16-9(14)7(11)6(2)12;4-1-3(6)2-5/h6-7,9-11,14-15,18-19H,4-5,8H2,1-3H3,(H,20,22)(H,21,23);5-7,12H,3-4,10-11H2,1-2H3;3-6H,1-2H2/t11?,14-,15-;5-,6+,7-;/m00./s1. The van der Waals surface area contributed by atoms with E-state index in [0.717, 1.165) is 11.4 Å². The minimum absolute atomic E-state index is 0.0216. The largest absolute Gasteiger partial charge is 0.461 e. The van der Waals surface area contributed by atoms with Crippen molar-refractivity contribution in [2.45, 2.75) is 76.1 Å². The van der Waals surface area contributed by atoms with Crippen molar-refractivity contribution >= 4 is 23.9 Å². The highest BCUT2D eigenvalue weighted by atomic mass is 16.6. The molecule has 2 aromatic rings. The first-order valence-corrected chi connectivity index (χ1v) is 15.3. The van der Waals surface area contributed by atoms with Gasteiger partial charge in [0, 0.05) is 36.6 Å². The lowest BCUT2D eigenvalue weighted by atomic mass is 10.1. The van der Waals surface area contributed by atoms with Crippen molar-refractivity contribution < 1.29 is 58.6 Å². The van der Waals surface area contributed by atoms with Crippen LogP contribution in [0.1, 0.15) is 32.2 Å². The molecule has 0 aliphatic carbocycles. The van der Waals surface area contributed by atoms with Gasteiger partial charge >= 0.3 is 23.9 Å². The molecule has 20 heteroatoms. The van der Waals surface area contributed by atoms with E-state index >= 15 is 0 Å². The molecular formula is C29H52N8O12. The summed E-state index contributed by atoms with van der Waals surface area (Å²) in [5.74, 6) is -2.15. The smallest absolute Gasteiger partial charge is 0.325 e. The van der Waals surface area contributed by atoms with Gasteiger partial charge in [0.05, 0.1) is 32.0 Å². The maximum absolute atomic E-state index is 12.3. The lowest BCUT2D eigenvalue weighted by Crippen LogP contribution is -2.41. The van der Waals surface area contributed by atoms with Gasteiger partial charge in [-0.05, 0) is 34.9 Å². The van der Waals surface area contributed by atoms with E-state index in [-0.39, 0.29) is 33.0 Å². The van der Waals surface area contributed by atoms with Gasteiger partial charge in [0.2, 0.25) is 0 Å². The summed E-state index contributed by atoms with van der Waals surface area (Å²) >= 11 is 0. The van der Waals surface area contributed by atoms with Crippen LogP contribution in [-0.2, 0) is 51.0 Å². The molecule has 0 fully saturated rings. The summed E-state index contributed by atoms with van der Waals surface area (Å²) in [6, 6.07) is -2.84. The fourth-order valence-corrected chi connectivity index (χ4v) is 3.22. The number of nitrogens with two attached hydrogens (primary N) is 2. The molecule has 0 saturated carbocycles. The molecule has 0 bridgehead atoms. The summed E-state index contributed by atoms with van der Waals surface area (Å²) in [5, 5.41) is 38.8. The second kappa shape index (κ2) is 25.9. The first-order chi connectivity index (χ1) is 23.2. The van der Waals surface area contributed by atoms with Crippen molar-refractivity contribution in [1.29, 1.82) is 0 Å². The Morgan fingerprint density at radius 1 is 0.776 bits per heavy atom. The Morgan fingerprint density at radius 3 is 1.61 bits per heavy atom. The highest BCUT2D eigenvalue weighted by molar-refractivity contribution is 5.77. The number of rotatable bonds is 19. The van der Waals surface area contributed by atoms with Gasteiger partial charge in [-0.2, -0.15) is 0 Å². The quantitative estimate of drug-likeness (QED) is 0.0379. The Balaban J connectivity index is 0.000000885. The molecule has 6 atom stereocenters. The van der Waals surface area contributed by atoms with Gasteiger partial charge in [0.1, 0.15) is 56.2 Å². The monoisotopic (exact) mass is 704 g/mol. The van der Waals surface area contributed by atoms with E-state index in [2.05, 4.69) is 40.0 Å². The van der Waals surface area contributed by atoms with E-state index in [9.17, 15) is 19.2 Å². The second-order valence-electron chi connectivity index (χ2n) is 10.5. The Labute approximate surface area is 284 Å². The number of aromatic amines is 2. The van der Waals surface area contributed by atoms with Crippen LogP contribution in [0.4, 0.5) is 0 Å². The van der Waals surface area contributed by atoms with Crippen LogP contribution in [0.15, 0.2) is 25.0 Å². The number of ether oxygens (including phenoxy) is 4. The lowest BCUT2D eigenvalue weighted by molar-refractivity contribution is -0.160. The van der Waals surface area contributed by atoms with Crippen molar-refractivity contribution in [1.82, 2.24) is 30.6 Å². The second-order valence-corrected chi connectivity index (χ2v) is 10.5. The Bertz CT molecular complexity index is 1160. The number of nitrogens with zero attached hydrogens (tertiary/aromatic N) is 2. The number of hydrogen-bond acceptors (Lipinski definition) is 18. The SMILES string of the molecule is CN[C@@H](Cc1cnc[nH]1)C(=O)OCC(C)OC(=O)[C@H](Cc1cnc[nH]1)NC.C[C@H](N)C(=O)OCCOC(=O)[C@@H](N)[C@@H](C)O.OCC(O)CO. The molecule has 1 unspecified atom stereocenters. The van der Waals surface area contributed by atoms with E-state index in [1.54, 1.807) is 46.1 Å². The molecule has 280 valence electrons. The van der Waals surface area contributed by atoms with Crippen LogP contribution in [0.3, 0.4) is 0 Å². The molecule has 12 N–H and O–H groups in total. The van der Waals surface area contributed by atoms with Gasteiger partial charge in [-0.1, -0.05) is 0 Å². The van der Waals surface area contributed by atoms with E-state index in [4.69, 9.17) is 41.4 Å². The molecule has 2 aromatic heterocycles. The molecule has 49 heavy (non-hydrogen) atoms. The molecule has 0 spiro atoms. The van der Waals surface area contributed by atoms with Crippen molar-refractivity contribution in [3.63, 3.8) is 0 Å². The van der Waals surface area contributed by atoms with Gasteiger partial charge in [-0.15, -0.1) is 0 Å². The molecule has 2 heterocycles. The molecule has 0 aromatic carbocycles. The molecule has 0 amide bonds. The predicted molar refractivity (Wildman–Crippen MR) is 172 cm³/mol. The van der Waals surface area contributed by atoms with Crippen molar-refractivity contribution in [3.8, 4) is 0 Å². The number of imidazole rings is 2. The van der Waals surface area contributed by atoms with E-state index in [1.165, 1.54) is 13.8 Å². The maximum Gasteiger partial charge on any atom is 0.325 e. The molecule has 0 aliphatic rings. The average molecular weight is 705 g/mol.